The van der Waals surface area contributed by atoms with Crippen LogP contribution in [0.1, 0.15) is 11.9 Å². The summed E-state index contributed by atoms with van der Waals surface area (Å²) >= 11 is 0. The second-order valence-corrected chi connectivity index (χ2v) is 3.68. The van der Waals surface area contributed by atoms with E-state index in [0.717, 1.165) is 0 Å². The highest BCUT2D eigenvalue weighted by molar-refractivity contribution is 5.42. The van der Waals surface area contributed by atoms with Crippen LogP contribution < -0.4 is 5.73 Å². The van der Waals surface area contributed by atoms with Crippen molar-refractivity contribution < 1.29 is 4.52 Å². The van der Waals surface area contributed by atoms with E-state index in [-0.39, 0.29) is 6.04 Å². The van der Waals surface area contributed by atoms with Gasteiger partial charge in [0.05, 0.1) is 12.2 Å². The molecule has 0 saturated carbocycles. The lowest BCUT2D eigenvalue weighted by atomic mass is 10.3. The maximum atomic E-state index is 5.89. The molecule has 86 valence electrons. The second-order valence-electron chi connectivity index (χ2n) is 3.68. The van der Waals surface area contributed by atoms with E-state index in [0.29, 0.717) is 24.0 Å². The van der Waals surface area contributed by atoms with Crippen molar-refractivity contribution in [2.24, 2.45) is 5.73 Å². The number of likely N-dealkylation sites (N-methyl/N-ethyl adjacent to an activating group) is 1. The Bertz CT molecular complexity index is 435. The van der Waals surface area contributed by atoms with E-state index in [2.05, 4.69) is 25.6 Å². The Balaban J connectivity index is 2.13. The standard InChI is InChI=1S/C8H13N7O/c1-15(2)4-5(9)7-11-8(16-13-7)6-3-10-14-12-6/h3,5H,4,9H2,1-2H3,(H,10,12,14). The zero-order valence-corrected chi connectivity index (χ0v) is 9.08. The van der Waals surface area contributed by atoms with Gasteiger partial charge in [-0.1, -0.05) is 5.16 Å². The van der Waals surface area contributed by atoms with E-state index in [1.807, 2.05) is 19.0 Å². The highest BCUT2D eigenvalue weighted by atomic mass is 16.5. The van der Waals surface area contributed by atoms with Crippen molar-refractivity contribution >= 4 is 0 Å². The number of hydrogen-bond acceptors (Lipinski definition) is 7. The molecule has 0 bridgehead atoms. The van der Waals surface area contributed by atoms with Gasteiger partial charge in [0.25, 0.3) is 5.89 Å². The smallest absolute Gasteiger partial charge is 0.280 e. The molecule has 0 saturated heterocycles. The van der Waals surface area contributed by atoms with Crippen LogP contribution in [0.5, 0.6) is 0 Å². The molecule has 16 heavy (non-hydrogen) atoms. The lowest BCUT2D eigenvalue weighted by Crippen LogP contribution is -2.26. The lowest BCUT2D eigenvalue weighted by Gasteiger charge is -2.12. The van der Waals surface area contributed by atoms with Crippen molar-refractivity contribution in [1.82, 2.24) is 30.5 Å². The number of nitrogens with zero attached hydrogens (tertiary/aromatic N) is 5. The number of nitrogens with one attached hydrogen (secondary N) is 1. The normalized spacial score (nSPS) is 13.2. The number of rotatable bonds is 4. The highest BCUT2D eigenvalue weighted by Gasteiger charge is 2.16. The average Bonchev–Trinajstić information content (AvgIpc) is 2.87. The largest absolute Gasteiger partial charge is 0.332 e. The second kappa shape index (κ2) is 4.37. The molecule has 1 atom stereocenters. The van der Waals surface area contributed by atoms with E-state index >= 15 is 0 Å². The Morgan fingerprint density at radius 3 is 3.00 bits per heavy atom. The average molecular weight is 223 g/mol. The van der Waals surface area contributed by atoms with Crippen LogP contribution in [-0.4, -0.2) is 51.1 Å². The van der Waals surface area contributed by atoms with Gasteiger partial charge in [-0.05, 0) is 14.1 Å². The van der Waals surface area contributed by atoms with Gasteiger partial charge in [-0.3, -0.25) is 0 Å². The van der Waals surface area contributed by atoms with Crippen LogP contribution in [0.3, 0.4) is 0 Å². The zero-order chi connectivity index (χ0) is 11.5. The third-order valence-corrected chi connectivity index (χ3v) is 1.97. The fourth-order valence-corrected chi connectivity index (χ4v) is 1.27. The summed E-state index contributed by atoms with van der Waals surface area (Å²) in [4.78, 5) is 6.11. The molecule has 0 aliphatic carbocycles. The summed E-state index contributed by atoms with van der Waals surface area (Å²) in [6.07, 6.45) is 1.51. The fourth-order valence-electron chi connectivity index (χ4n) is 1.27. The van der Waals surface area contributed by atoms with Crippen LogP contribution >= 0.6 is 0 Å². The predicted molar refractivity (Wildman–Crippen MR) is 55.2 cm³/mol. The number of aromatic amines is 1. The molecule has 2 heterocycles. The minimum absolute atomic E-state index is 0.278. The molecule has 8 nitrogen and oxygen atoms in total. The molecule has 0 spiro atoms. The first-order valence-corrected chi connectivity index (χ1v) is 4.77. The Hall–Kier alpha value is -1.80. The number of nitrogens with two attached hydrogens (primary N) is 1. The summed E-state index contributed by atoms with van der Waals surface area (Å²) in [7, 11) is 3.86. The summed E-state index contributed by atoms with van der Waals surface area (Å²) in [6.45, 7) is 0.651. The zero-order valence-electron chi connectivity index (χ0n) is 9.08. The van der Waals surface area contributed by atoms with Crippen LogP contribution in [0.25, 0.3) is 11.6 Å². The van der Waals surface area contributed by atoms with Crippen molar-refractivity contribution in [3.8, 4) is 11.6 Å². The Kier molecular flexibility index (Phi) is 2.93. The Morgan fingerprint density at radius 1 is 1.56 bits per heavy atom. The van der Waals surface area contributed by atoms with Gasteiger partial charge in [0.2, 0.25) is 0 Å². The summed E-state index contributed by atoms with van der Waals surface area (Å²) < 4.78 is 5.03. The van der Waals surface area contributed by atoms with Crippen LogP contribution in [0.2, 0.25) is 0 Å². The monoisotopic (exact) mass is 223 g/mol. The molecule has 1 unspecified atom stereocenters. The van der Waals surface area contributed by atoms with Crippen molar-refractivity contribution in [2.45, 2.75) is 6.04 Å². The third kappa shape index (κ3) is 2.23. The molecule has 0 radical (unpaired) electrons. The molecule has 2 aromatic rings. The number of aromatic nitrogens is 5. The fraction of sp³-hybridized carbons (Fsp3) is 0.500. The summed E-state index contributed by atoms with van der Waals surface area (Å²) in [5.41, 5.74) is 6.40. The van der Waals surface area contributed by atoms with Gasteiger partial charge in [0.1, 0.15) is 0 Å². The molecule has 0 amide bonds. The Labute approximate surface area is 91.8 Å². The molecule has 3 N–H and O–H groups in total. The molecular weight excluding hydrogens is 210 g/mol. The van der Waals surface area contributed by atoms with Crippen molar-refractivity contribution in [3.05, 3.63) is 12.0 Å². The van der Waals surface area contributed by atoms with Gasteiger partial charge < -0.3 is 15.2 Å². The third-order valence-electron chi connectivity index (χ3n) is 1.97. The summed E-state index contributed by atoms with van der Waals surface area (Å²) in [5.74, 6) is 0.782. The van der Waals surface area contributed by atoms with Crippen molar-refractivity contribution in [1.29, 1.82) is 0 Å². The van der Waals surface area contributed by atoms with E-state index < -0.39 is 0 Å². The van der Waals surface area contributed by atoms with Gasteiger partial charge in [-0.2, -0.15) is 20.4 Å². The van der Waals surface area contributed by atoms with Crippen LogP contribution in [0.4, 0.5) is 0 Å². The molecule has 0 fully saturated rings. The van der Waals surface area contributed by atoms with Gasteiger partial charge in [-0.15, -0.1) is 0 Å². The van der Waals surface area contributed by atoms with E-state index in [4.69, 9.17) is 10.3 Å². The SMILES string of the molecule is CN(C)CC(N)c1noc(-c2cn[nH]n2)n1. The first-order chi connectivity index (χ1) is 7.66. The minimum atomic E-state index is -0.278. The van der Waals surface area contributed by atoms with Gasteiger partial charge in [0.15, 0.2) is 11.5 Å². The first kappa shape index (κ1) is 10.7. The van der Waals surface area contributed by atoms with E-state index in [9.17, 15) is 0 Å². The molecule has 2 rings (SSSR count). The predicted octanol–water partition coefficient (Wildman–Crippen LogP) is -0.584. The topological polar surface area (TPSA) is 110 Å². The molecule has 2 aromatic heterocycles. The minimum Gasteiger partial charge on any atom is -0.332 e. The van der Waals surface area contributed by atoms with Crippen LogP contribution in [0, 0.1) is 0 Å². The Morgan fingerprint density at radius 2 is 2.38 bits per heavy atom. The van der Waals surface area contributed by atoms with Gasteiger partial charge in [-0.25, -0.2) is 0 Å². The maximum absolute atomic E-state index is 5.89. The van der Waals surface area contributed by atoms with Gasteiger partial charge >= 0.3 is 0 Å². The summed E-state index contributed by atoms with van der Waals surface area (Å²) in [6, 6.07) is -0.278. The quantitative estimate of drug-likeness (QED) is 0.713. The maximum Gasteiger partial charge on any atom is 0.280 e. The molecule has 0 aliphatic heterocycles. The van der Waals surface area contributed by atoms with E-state index in [1.54, 1.807) is 0 Å². The summed E-state index contributed by atoms with van der Waals surface area (Å²) in [5, 5.41) is 13.8. The van der Waals surface area contributed by atoms with Gasteiger partial charge in [0, 0.05) is 6.54 Å². The van der Waals surface area contributed by atoms with Crippen molar-refractivity contribution in [2.75, 3.05) is 20.6 Å². The molecular formula is C8H13N7O. The highest BCUT2D eigenvalue weighted by Crippen LogP contribution is 2.14. The van der Waals surface area contributed by atoms with E-state index in [1.165, 1.54) is 6.20 Å². The first-order valence-electron chi connectivity index (χ1n) is 4.77. The molecule has 0 aliphatic rings. The molecule has 8 heteroatoms. The molecule has 0 aromatic carbocycles. The number of hydrogen-bond donors (Lipinski definition) is 2. The lowest BCUT2D eigenvalue weighted by molar-refractivity contribution is 0.357. The van der Waals surface area contributed by atoms with Crippen LogP contribution in [-0.2, 0) is 0 Å². The number of H-pyrrole nitrogens is 1. The van der Waals surface area contributed by atoms with Crippen molar-refractivity contribution in [3.63, 3.8) is 0 Å². The van der Waals surface area contributed by atoms with Crippen LogP contribution in [0.15, 0.2) is 10.7 Å².